The molecule has 1 aromatic heterocycles. The van der Waals surface area contributed by atoms with Crippen molar-refractivity contribution in [2.75, 3.05) is 26.6 Å². The summed E-state index contributed by atoms with van der Waals surface area (Å²) in [4.78, 5) is 10.1. The van der Waals surface area contributed by atoms with Gasteiger partial charge in [-0.3, -0.25) is 0 Å². The second-order valence-corrected chi connectivity index (χ2v) is 29.7. The Labute approximate surface area is 494 Å². The third-order valence-electron chi connectivity index (χ3n) is 17.5. The molecule has 2 aliphatic heterocycles. The molecule has 4 nitrogen and oxygen atoms in total. The maximum Gasteiger partial charge on any atom is 0.252 e. The molecule has 0 saturated heterocycles. The summed E-state index contributed by atoms with van der Waals surface area (Å²) >= 11 is 1.90. The minimum absolute atomic E-state index is 0.000670. The van der Waals surface area contributed by atoms with E-state index in [1.54, 1.807) is 0 Å². The number of benzene rings is 9. The molecule has 3 heterocycles. The average Bonchev–Trinajstić information content (AvgIpc) is 0.889. The van der Waals surface area contributed by atoms with Crippen molar-refractivity contribution < 1.29 is 0 Å². The van der Waals surface area contributed by atoms with E-state index in [-0.39, 0.29) is 33.8 Å². The zero-order valence-corrected chi connectivity index (χ0v) is 52.4. The summed E-state index contributed by atoms with van der Waals surface area (Å²) in [6.45, 7) is 37.0. The lowest BCUT2D eigenvalue weighted by Crippen LogP contribution is -2.61. The molecule has 10 aromatic rings. The third kappa shape index (κ3) is 9.69. The van der Waals surface area contributed by atoms with Crippen LogP contribution in [0.15, 0.2) is 182 Å². The maximum absolute atomic E-state index is 2.69. The normalized spacial score (nSPS) is 13.6. The highest BCUT2D eigenvalue weighted by Crippen LogP contribution is 2.53. The fraction of sp³-hybridized carbons (Fsp3) is 0.289. The largest absolute Gasteiger partial charge is 0.345 e. The number of aryl methyl sites for hydroxylation is 1. The van der Waals surface area contributed by atoms with Gasteiger partial charge in [0.05, 0.1) is 5.69 Å². The Hall–Kier alpha value is -7.54. The van der Waals surface area contributed by atoms with Crippen LogP contribution in [-0.2, 0) is 27.1 Å². The van der Waals surface area contributed by atoms with Gasteiger partial charge in [-0.25, -0.2) is 0 Å². The van der Waals surface area contributed by atoms with Gasteiger partial charge < -0.3 is 19.6 Å². The Morgan fingerprint density at radius 1 is 0.366 bits per heavy atom. The Morgan fingerprint density at radius 2 is 0.854 bits per heavy atom. The molecule has 2 aliphatic rings. The van der Waals surface area contributed by atoms with Crippen LogP contribution in [0.1, 0.15) is 137 Å². The molecule has 82 heavy (non-hydrogen) atoms. The molecule has 6 heteroatoms. The van der Waals surface area contributed by atoms with Gasteiger partial charge in [-0.2, -0.15) is 0 Å². The van der Waals surface area contributed by atoms with E-state index in [9.17, 15) is 0 Å². The van der Waals surface area contributed by atoms with Gasteiger partial charge in [-0.05, 0) is 175 Å². The van der Waals surface area contributed by atoms with Crippen LogP contribution < -0.4 is 36.0 Å². The Kier molecular flexibility index (Phi) is 13.1. The van der Waals surface area contributed by atoms with Crippen molar-refractivity contribution in [3.05, 3.63) is 215 Å². The van der Waals surface area contributed by atoms with Gasteiger partial charge in [0.25, 0.3) is 6.71 Å². The van der Waals surface area contributed by atoms with Crippen LogP contribution in [0.2, 0.25) is 0 Å². The lowest BCUT2D eigenvalue weighted by atomic mass is 9.33. The molecular formula is C76H81BN4S. The number of fused-ring (bicyclic) bond motifs is 7. The van der Waals surface area contributed by atoms with E-state index in [2.05, 4.69) is 319 Å². The molecule has 0 saturated carbocycles. The molecule has 0 unspecified atom stereocenters. The summed E-state index contributed by atoms with van der Waals surface area (Å²) < 4.78 is 2.53. The zero-order chi connectivity index (χ0) is 58.2. The minimum atomic E-state index is -0.194. The molecular weight excluding hydrogens is 1010 g/mol. The van der Waals surface area contributed by atoms with Gasteiger partial charge in [0.2, 0.25) is 0 Å². The highest BCUT2D eigenvalue weighted by atomic mass is 32.1. The highest BCUT2D eigenvalue weighted by Gasteiger charge is 2.45. The van der Waals surface area contributed by atoms with Crippen LogP contribution in [0.5, 0.6) is 0 Å². The fourth-order valence-electron chi connectivity index (χ4n) is 12.5. The minimum Gasteiger partial charge on any atom is -0.345 e. The molecule has 0 aliphatic carbocycles. The van der Waals surface area contributed by atoms with E-state index in [1.807, 2.05) is 11.3 Å². The van der Waals surface area contributed by atoms with Crippen LogP contribution in [0.4, 0.5) is 62.6 Å². The second kappa shape index (κ2) is 19.6. The summed E-state index contributed by atoms with van der Waals surface area (Å²) in [5.41, 5.74) is 24.3. The first-order valence-corrected chi connectivity index (χ1v) is 30.4. The van der Waals surface area contributed by atoms with Gasteiger partial charge in [0.15, 0.2) is 0 Å². The van der Waals surface area contributed by atoms with Crippen LogP contribution in [0.3, 0.4) is 0 Å². The summed E-state index contributed by atoms with van der Waals surface area (Å²) in [7, 11) is 2.21. The van der Waals surface area contributed by atoms with Gasteiger partial charge in [-0.1, -0.05) is 194 Å². The zero-order valence-electron chi connectivity index (χ0n) is 51.6. The molecule has 12 rings (SSSR count). The van der Waals surface area contributed by atoms with Crippen molar-refractivity contribution in [1.29, 1.82) is 0 Å². The van der Waals surface area contributed by atoms with Gasteiger partial charge in [0.1, 0.15) is 0 Å². The molecule has 9 aromatic carbocycles. The van der Waals surface area contributed by atoms with Crippen molar-refractivity contribution >= 4 is 117 Å². The number of rotatable bonds is 7. The first-order valence-electron chi connectivity index (χ1n) is 29.6. The fourth-order valence-corrected chi connectivity index (χ4v) is 13.6. The van der Waals surface area contributed by atoms with E-state index in [1.165, 1.54) is 98.4 Å². The summed E-state index contributed by atoms with van der Waals surface area (Å²) in [5.74, 6) is 0. The van der Waals surface area contributed by atoms with Crippen molar-refractivity contribution in [1.82, 2.24) is 0 Å². The van der Waals surface area contributed by atoms with E-state index < -0.39 is 0 Å². The Bertz CT molecular complexity index is 4020. The first-order chi connectivity index (χ1) is 38.6. The quantitative estimate of drug-likeness (QED) is 0.147. The van der Waals surface area contributed by atoms with Gasteiger partial charge in [-0.15, -0.1) is 11.3 Å². The smallest absolute Gasteiger partial charge is 0.252 e. The van der Waals surface area contributed by atoms with Crippen LogP contribution in [-0.4, -0.2) is 13.8 Å². The molecule has 0 amide bonds. The predicted octanol–water partition coefficient (Wildman–Crippen LogP) is 20.2. The van der Waals surface area contributed by atoms with Crippen molar-refractivity contribution in [3.8, 4) is 0 Å². The lowest BCUT2D eigenvalue weighted by molar-refractivity contribution is 0.590. The van der Waals surface area contributed by atoms with Crippen LogP contribution in [0, 0.1) is 6.92 Å². The topological polar surface area (TPSA) is 13.0 Å². The van der Waals surface area contributed by atoms with E-state index in [0.717, 1.165) is 34.1 Å². The van der Waals surface area contributed by atoms with E-state index in [0.29, 0.717) is 0 Å². The first kappa shape index (κ1) is 55.0. The van der Waals surface area contributed by atoms with Crippen LogP contribution >= 0.6 is 11.3 Å². The van der Waals surface area contributed by atoms with Crippen molar-refractivity contribution in [3.63, 3.8) is 0 Å². The molecule has 0 radical (unpaired) electrons. The molecule has 0 atom stereocenters. The lowest BCUT2D eigenvalue weighted by Gasteiger charge is -2.46. The summed E-state index contributed by atoms with van der Waals surface area (Å²) in [6, 6.07) is 70.8. The predicted molar refractivity (Wildman–Crippen MR) is 361 cm³/mol. The van der Waals surface area contributed by atoms with E-state index in [4.69, 9.17) is 0 Å². The molecule has 0 N–H and O–H groups in total. The molecule has 0 bridgehead atoms. The molecule has 0 spiro atoms. The SMILES string of the molecule is Cc1ccc(N(C)c2ccc3c(c2)N(c2ccc(C(C)(C)C)cc2)c2cc(C(C)(C)C)cc4c2B3c2cc(C(C)(C)C)ccc2N4c2cc(N(c3ccc(C(C)(C)C)cc3)c3ccc(C(C)(C)C)cc3)cc3sc4ccccc4c23)cc1. The summed E-state index contributed by atoms with van der Waals surface area (Å²) in [5, 5.41) is 2.54. The Morgan fingerprint density at radius 3 is 1.41 bits per heavy atom. The summed E-state index contributed by atoms with van der Waals surface area (Å²) in [6.07, 6.45) is 0. The molecule has 0 fully saturated rings. The number of thiophene rings is 1. The van der Waals surface area contributed by atoms with Crippen molar-refractivity contribution in [2.45, 2.75) is 138 Å². The van der Waals surface area contributed by atoms with Crippen molar-refractivity contribution in [2.24, 2.45) is 0 Å². The number of hydrogen-bond donors (Lipinski definition) is 0. The maximum atomic E-state index is 2.69. The number of anilines is 11. The van der Waals surface area contributed by atoms with Gasteiger partial charge in [0, 0.05) is 84.1 Å². The van der Waals surface area contributed by atoms with Crippen LogP contribution in [0.25, 0.3) is 20.2 Å². The average molecular weight is 1090 g/mol. The second-order valence-electron chi connectivity index (χ2n) is 28.6. The number of nitrogens with zero attached hydrogens (tertiary/aromatic N) is 4. The monoisotopic (exact) mass is 1090 g/mol. The Balaban J connectivity index is 1.19. The standard InChI is InChI=1S/C76H81BN4S/c1-48-22-31-54(32-23-48)78(17)58-39-40-61-64(45-58)80(57-37-28-51(29-38-57)74(8,9)10)66-43-53(76(14,15)16)44-67-71(66)77(61)62-42-52(75(11,12)13)30-41-63(62)81(67)65-46-59(47-69-70(65)60-20-18-19-21-68(60)82-69)79(55-33-24-49(25-34-55)72(2,3)4)56-35-26-50(27-36-56)73(5,6)7/h18-47H,1-17H3. The van der Waals surface area contributed by atoms with Gasteiger partial charge >= 0.3 is 0 Å². The highest BCUT2D eigenvalue weighted by molar-refractivity contribution is 7.26. The number of hydrogen-bond acceptors (Lipinski definition) is 5. The van der Waals surface area contributed by atoms with E-state index >= 15 is 0 Å². The molecule has 414 valence electrons. The third-order valence-corrected chi connectivity index (χ3v) is 18.6.